The van der Waals surface area contributed by atoms with E-state index in [4.69, 9.17) is 0 Å². The predicted octanol–water partition coefficient (Wildman–Crippen LogP) is 1.31. The monoisotopic (exact) mass is 342 g/mol. The van der Waals surface area contributed by atoms with Crippen molar-refractivity contribution in [2.75, 3.05) is 13.1 Å². The molecular formula is C14H19BrN2O3. The van der Waals surface area contributed by atoms with Crippen molar-refractivity contribution >= 4 is 27.7 Å². The lowest BCUT2D eigenvalue weighted by Crippen LogP contribution is -2.41. The predicted molar refractivity (Wildman–Crippen MR) is 80.3 cm³/mol. The Morgan fingerprint density at radius 2 is 1.80 bits per heavy atom. The van der Waals surface area contributed by atoms with Gasteiger partial charge in [-0.05, 0) is 30.2 Å². The van der Waals surface area contributed by atoms with Gasteiger partial charge in [-0.1, -0.05) is 29.8 Å². The number of carbonyl (C=O) groups is 2. The number of rotatable bonds is 6. The number of aliphatic hydroxyl groups excluding tert-OH is 1. The van der Waals surface area contributed by atoms with Crippen molar-refractivity contribution in [1.29, 1.82) is 0 Å². The number of nitrogens with one attached hydrogen (secondary N) is 2. The highest BCUT2D eigenvalue weighted by Crippen LogP contribution is 2.10. The van der Waals surface area contributed by atoms with Gasteiger partial charge < -0.3 is 15.7 Å². The van der Waals surface area contributed by atoms with Crippen molar-refractivity contribution < 1.29 is 14.7 Å². The Morgan fingerprint density at radius 1 is 1.20 bits per heavy atom. The molecule has 0 aliphatic heterocycles. The van der Waals surface area contributed by atoms with Crippen LogP contribution in [-0.2, 0) is 4.79 Å². The van der Waals surface area contributed by atoms with Gasteiger partial charge in [-0.25, -0.2) is 0 Å². The van der Waals surface area contributed by atoms with Gasteiger partial charge in [0.15, 0.2) is 0 Å². The maximum Gasteiger partial charge on any atom is 0.251 e. The van der Waals surface area contributed by atoms with Crippen LogP contribution in [0.15, 0.2) is 28.7 Å². The SMILES string of the molecule is CC(C)C(O)CNC(=O)CNC(=O)c1ccc(Br)cc1. The molecule has 20 heavy (non-hydrogen) atoms. The first kappa shape index (κ1) is 16.7. The molecule has 2 amide bonds. The van der Waals surface area contributed by atoms with Crippen molar-refractivity contribution in [2.45, 2.75) is 20.0 Å². The average molecular weight is 343 g/mol. The van der Waals surface area contributed by atoms with Gasteiger partial charge >= 0.3 is 0 Å². The van der Waals surface area contributed by atoms with Crippen LogP contribution in [0.4, 0.5) is 0 Å². The van der Waals surface area contributed by atoms with Crippen LogP contribution in [0, 0.1) is 5.92 Å². The maximum atomic E-state index is 11.8. The quantitative estimate of drug-likeness (QED) is 0.729. The molecule has 0 aromatic heterocycles. The van der Waals surface area contributed by atoms with E-state index in [0.29, 0.717) is 5.56 Å². The minimum absolute atomic E-state index is 0.0765. The molecule has 1 atom stereocenters. The molecule has 3 N–H and O–H groups in total. The third-order valence-electron chi connectivity index (χ3n) is 2.79. The first-order chi connectivity index (χ1) is 9.40. The maximum absolute atomic E-state index is 11.8. The van der Waals surface area contributed by atoms with Crippen LogP contribution in [0.25, 0.3) is 0 Å². The minimum atomic E-state index is -0.582. The van der Waals surface area contributed by atoms with E-state index < -0.39 is 6.10 Å². The van der Waals surface area contributed by atoms with Gasteiger partial charge in [-0.3, -0.25) is 9.59 Å². The molecule has 0 saturated heterocycles. The third-order valence-corrected chi connectivity index (χ3v) is 3.32. The highest BCUT2D eigenvalue weighted by molar-refractivity contribution is 9.10. The zero-order valence-corrected chi connectivity index (χ0v) is 13.1. The molecule has 5 nitrogen and oxygen atoms in total. The van der Waals surface area contributed by atoms with Crippen LogP contribution < -0.4 is 10.6 Å². The van der Waals surface area contributed by atoms with E-state index in [1.165, 1.54) is 0 Å². The van der Waals surface area contributed by atoms with E-state index in [-0.39, 0.29) is 30.8 Å². The molecule has 0 radical (unpaired) electrons. The summed E-state index contributed by atoms with van der Waals surface area (Å²) in [6, 6.07) is 6.85. The number of hydrogen-bond acceptors (Lipinski definition) is 3. The number of halogens is 1. The second-order valence-electron chi connectivity index (χ2n) is 4.81. The highest BCUT2D eigenvalue weighted by atomic mass is 79.9. The second kappa shape index (κ2) is 8.01. The van der Waals surface area contributed by atoms with Gasteiger partial charge in [0.1, 0.15) is 0 Å². The molecule has 1 unspecified atom stereocenters. The summed E-state index contributed by atoms with van der Waals surface area (Å²) in [6.07, 6.45) is -0.582. The van der Waals surface area contributed by atoms with E-state index in [0.717, 1.165) is 4.47 Å². The fourth-order valence-electron chi connectivity index (χ4n) is 1.38. The van der Waals surface area contributed by atoms with Gasteiger partial charge in [-0.2, -0.15) is 0 Å². The summed E-state index contributed by atoms with van der Waals surface area (Å²) in [5.74, 6) is -0.556. The molecule has 0 spiro atoms. The van der Waals surface area contributed by atoms with Crippen LogP contribution in [0.2, 0.25) is 0 Å². The molecule has 0 fully saturated rings. The molecule has 0 heterocycles. The Kier molecular flexibility index (Phi) is 6.67. The second-order valence-corrected chi connectivity index (χ2v) is 5.72. The standard InChI is InChI=1S/C14H19BrN2O3/c1-9(2)12(18)7-16-13(19)8-17-14(20)10-3-5-11(15)6-4-10/h3-6,9,12,18H,7-8H2,1-2H3,(H,16,19)(H,17,20). The fraction of sp³-hybridized carbons (Fsp3) is 0.429. The lowest BCUT2D eigenvalue weighted by molar-refractivity contribution is -0.120. The molecule has 110 valence electrons. The molecular weight excluding hydrogens is 324 g/mol. The van der Waals surface area contributed by atoms with Crippen molar-refractivity contribution in [3.63, 3.8) is 0 Å². The molecule has 0 bridgehead atoms. The van der Waals surface area contributed by atoms with Gasteiger partial charge in [0.2, 0.25) is 5.91 Å². The smallest absolute Gasteiger partial charge is 0.251 e. The summed E-state index contributed by atoms with van der Waals surface area (Å²) in [6.45, 7) is 3.81. The lowest BCUT2D eigenvalue weighted by atomic mass is 10.1. The average Bonchev–Trinajstić information content (AvgIpc) is 2.42. The minimum Gasteiger partial charge on any atom is -0.391 e. The number of benzene rings is 1. The van der Waals surface area contributed by atoms with Crippen LogP contribution in [0.5, 0.6) is 0 Å². The third kappa shape index (κ3) is 5.71. The molecule has 0 saturated carbocycles. The zero-order valence-electron chi connectivity index (χ0n) is 11.5. The topological polar surface area (TPSA) is 78.4 Å². The Bertz CT molecular complexity index is 460. The first-order valence-electron chi connectivity index (χ1n) is 6.38. The summed E-state index contributed by atoms with van der Waals surface area (Å²) < 4.78 is 0.884. The molecule has 1 aromatic rings. The van der Waals surface area contributed by atoms with Crippen LogP contribution in [0.1, 0.15) is 24.2 Å². The number of aliphatic hydroxyl groups is 1. The first-order valence-corrected chi connectivity index (χ1v) is 7.18. The van der Waals surface area contributed by atoms with Gasteiger partial charge in [0, 0.05) is 16.6 Å². The summed E-state index contributed by atoms with van der Waals surface area (Å²) >= 11 is 3.28. The normalized spacial score (nSPS) is 12.1. The zero-order chi connectivity index (χ0) is 15.1. The highest BCUT2D eigenvalue weighted by Gasteiger charge is 2.11. The Balaban J connectivity index is 2.34. The van der Waals surface area contributed by atoms with Gasteiger partial charge in [0.05, 0.1) is 12.6 Å². The Morgan fingerprint density at radius 3 is 2.35 bits per heavy atom. The van der Waals surface area contributed by atoms with E-state index in [9.17, 15) is 14.7 Å². The molecule has 0 aliphatic rings. The van der Waals surface area contributed by atoms with Gasteiger partial charge in [0.25, 0.3) is 5.91 Å². The van der Waals surface area contributed by atoms with Crippen molar-refractivity contribution in [2.24, 2.45) is 5.92 Å². The summed E-state index contributed by atoms with van der Waals surface area (Å²) in [5, 5.41) is 14.6. The molecule has 0 aliphatic carbocycles. The fourth-order valence-corrected chi connectivity index (χ4v) is 1.64. The van der Waals surface area contributed by atoms with E-state index in [1.807, 2.05) is 13.8 Å². The molecule has 1 rings (SSSR count). The summed E-state index contributed by atoms with van der Waals surface area (Å²) in [4.78, 5) is 23.3. The Hall–Kier alpha value is -1.40. The summed E-state index contributed by atoms with van der Waals surface area (Å²) in [5.41, 5.74) is 0.489. The van der Waals surface area contributed by atoms with E-state index >= 15 is 0 Å². The molecule has 6 heteroatoms. The van der Waals surface area contributed by atoms with Crippen molar-refractivity contribution in [3.05, 3.63) is 34.3 Å². The molecule has 1 aromatic carbocycles. The summed E-state index contributed by atoms with van der Waals surface area (Å²) in [7, 11) is 0. The van der Waals surface area contributed by atoms with Crippen LogP contribution in [0.3, 0.4) is 0 Å². The number of carbonyl (C=O) groups excluding carboxylic acids is 2. The largest absolute Gasteiger partial charge is 0.391 e. The van der Waals surface area contributed by atoms with Crippen molar-refractivity contribution in [1.82, 2.24) is 10.6 Å². The van der Waals surface area contributed by atoms with Gasteiger partial charge in [-0.15, -0.1) is 0 Å². The van der Waals surface area contributed by atoms with Crippen molar-refractivity contribution in [3.8, 4) is 0 Å². The lowest BCUT2D eigenvalue weighted by Gasteiger charge is -2.15. The Labute approximate surface area is 126 Å². The number of amides is 2. The number of hydrogen-bond donors (Lipinski definition) is 3. The van der Waals surface area contributed by atoms with Crippen LogP contribution in [-0.4, -0.2) is 36.1 Å². The van der Waals surface area contributed by atoms with E-state index in [1.54, 1.807) is 24.3 Å². The van der Waals surface area contributed by atoms with Crippen LogP contribution >= 0.6 is 15.9 Å². The van der Waals surface area contributed by atoms with E-state index in [2.05, 4.69) is 26.6 Å².